The number of carbonyl (C=O) groups is 1. The van der Waals surface area contributed by atoms with E-state index in [1.54, 1.807) is 7.11 Å². The largest absolute Gasteiger partial charge is 0.456 e. The maximum Gasteiger partial charge on any atom is 0.338 e. The second-order valence-electron chi connectivity index (χ2n) is 4.95. The normalized spacial score (nSPS) is 22.7. The van der Waals surface area contributed by atoms with Crippen LogP contribution in [0.4, 0.5) is 0 Å². The highest BCUT2D eigenvalue weighted by Crippen LogP contribution is 2.25. The van der Waals surface area contributed by atoms with Crippen LogP contribution in [-0.2, 0) is 19.3 Å². The van der Waals surface area contributed by atoms with E-state index >= 15 is 0 Å². The minimum atomic E-state index is -3.25. The predicted octanol–water partition coefficient (Wildman–Crippen LogP) is 1.81. The number of esters is 1. The van der Waals surface area contributed by atoms with Crippen LogP contribution in [0.3, 0.4) is 0 Å². The average Bonchev–Trinajstić information content (AvgIpc) is 2.85. The lowest BCUT2D eigenvalue weighted by molar-refractivity contribution is -0.0206. The van der Waals surface area contributed by atoms with Crippen LogP contribution in [0.15, 0.2) is 29.2 Å². The summed E-state index contributed by atoms with van der Waals surface area (Å²) in [4.78, 5) is 12.2. The third kappa shape index (κ3) is 3.37. The summed E-state index contributed by atoms with van der Waals surface area (Å²) < 4.78 is 33.4. The van der Waals surface area contributed by atoms with E-state index in [-0.39, 0.29) is 17.1 Å². The highest BCUT2D eigenvalue weighted by molar-refractivity contribution is 7.90. The summed E-state index contributed by atoms with van der Waals surface area (Å²) in [5, 5.41) is 0. The predicted molar refractivity (Wildman–Crippen MR) is 73.4 cm³/mol. The Kier molecular flexibility index (Phi) is 4.45. The van der Waals surface area contributed by atoms with E-state index in [4.69, 9.17) is 9.47 Å². The Morgan fingerprint density at radius 2 is 1.75 bits per heavy atom. The van der Waals surface area contributed by atoms with Crippen LogP contribution in [0, 0.1) is 0 Å². The average molecular weight is 298 g/mol. The molecule has 110 valence electrons. The highest BCUT2D eigenvalue weighted by Gasteiger charge is 2.30. The van der Waals surface area contributed by atoms with Gasteiger partial charge in [0.25, 0.3) is 0 Å². The fourth-order valence-electron chi connectivity index (χ4n) is 2.34. The van der Waals surface area contributed by atoms with Crippen LogP contribution >= 0.6 is 0 Å². The molecule has 0 amide bonds. The van der Waals surface area contributed by atoms with Gasteiger partial charge in [-0.15, -0.1) is 0 Å². The molecule has 0 unspecified atom stereocenters. The number of sulfone groups is 1. The quantitative estimate of drug-likeness (QED) is 0.793. The zero-order chi connectivity index (χ0) is 14.8. The van der Waals surface area contributed by atoms with Gasteiger partial charge in [-0.2, -0.15) is 0 Å². The first-order chi connectivity index (χ1) is 9.41. The van der Waals surface area contributed by atoms with Crippen molar-refractivity contribution < 1.29 is 22.7 Å². The lowest BCUT2D eigenvalue weighted by Gasteiger charge is -2.18. The monoisotopic (exact) mass is 298 g/mol. The van der Waals surface area contributed by atoms with Crippen molar-refractivity contribution in [3.63, 3.8) is 0 Å². The molecule has 0 bridgehead atoms. The summed E-state index contributed by atoms with van der Waals surface area (Å²) in [5.41, 5.74) is 0.346. The molecule has 6 heteroatoms. The van der Waals surface area contributed by atoms with Gasteiger partial charge in [0, 0.05) is 13.4 Å². The number of hydrogen-bond donors (Lipinski definition) is 0. The first kappa shape index (κ1) is 15.0. The minimum Gasteiger partial charge on any atom is -0.456 e. The second kappa shape index (κ2) is 5.93. The Labute approximate surface area is 118 Å². The maximum atomic E-state index is 12.0. The van der Waals surface area contributed by atoms with Gasteiger partial charge in [0.1, 0.15) is 6.10 Å². The van der Waals surface area contributed by atoms with E-state index in [0.29, 0.717) is 5.56 Å². The molecule has 1 aliphatic rings. The van der Waals surface area contributed by atoms with Gasteiger partial charge in [0.15, 0.2) is 9.84 Å². The zero-order valence-corrected chi connectivity index (χ0v) is 12.4. The van der Waals surface area contributed by atoms with Crippen molar-refractivity contribution in [3.8, 4) is 0 Å². The number of rotatable bonds is 4. The van der Waals surface area contributed by atoms with Gasteiger partial charge in [0.05, 0.1) is 16.6 Å². The first-order valence-corrected chi connectivity index (χ1v) is 8.35. The molecule has 0 heterocycles. The van der Waals surface area contributed by atoms with Crippen molar-refractivity contribution in [2.75, 3.05) is 13.4 Å². The molecular formula is C14H18O5S. The van der Waals surface area contributed by atoms with Gasteiger partial charge in [0.2, 0.25) is 0 Å². The smallest absolute Gasteiger partial charge is 0.338 e. The van der Waals surface area contributed by atoms with Crippen molar-refractivity contribution in [2.45, 2.75) is 36.4 Å². The zero-order valence-electron chi connectivity index (χ0n) is 11.5. The fraction of sp³-hybridized carbons (Fsp3) is 0.500. The molecular weight excluding hydrogens is 280 g/mol. The summed E-state index contributed by atoms with van der Waals surface area (Å²) >= 11 is 0. The third-order valence-corrected chi connectivity index (χ3v) is 4.60. The van der Waals surface area contributed by atoms with Crippen LogP contribution in [0.2, 0.25) is 0 Å². The first-order valence-electron chi connectivity index (χ1n) is 6.45. The Morgan fingerprint density at radius 1 is 1.15 bits per heavy atom. The van der Waals surface area contributed by atoms with Gasteiger partial charge in [-0.1, -0.05) is 0 Å². The minimum absolute atomic E-state index is 0.0470. The van der Waals surface area contributed by atoms with Crippen molar-refractivity contribution in [1.29, 1.82) is 0 Å². The molecule has 0 aliphatic heterocycles. The molecule has 0 spiro atoms. The number of hydrogen-bond acceptors (Lipinski definition) is 5. The van der Waals surface area contributed by atoms with Crippen molar-refractivity contribution in [1.82, 2.24) is 0 Å². The van der Waals surface area contributed by atoms with Crippen LogP contribution in [0.1, 0.15) is 29.6 Å². The molecule has 0 aromatic heterocycles. The van der Waals surface area contributed by atoms with Gasteiger partial charge in [-0.3, -0.25) is 0 Å². The molecule has 1 aliphatic carbocycles. The SMILES string of the molecule is CO[C@H]1CCC[C@@H]1OC(=O)c1ccc(S(C)(=O)=O)cc1. The van der Waals surface area contributed by atoms with E-state index in [0.717, 1.165) is 25.5 Å². The van der Waals surface area contributed by atoms with Gasteiger partial charge in [-0.25, -0.2) is 13.2 Å². The second-order valence-corrected chi connectivity index (χ2v) is 6.96. The Bertz CT molecular complexity index is 576. The van der Waals surface area contributed by atoms with Crippen LogP contribution in [-0.4, -0.2) is 40.0 Å². The topological polar surface area (TPSA) is 69.7 Å². The van der Waals surface area contributed by atoms with E-state index in [9.17, 15) is 13.2 Å². The van der Waals surface area contributed by atoms with Crippen molar-refractivity contribution in [3.05, 3.63) is 29.8 Å². The van der Waals surface area contributed by atoms with Crippen LogP contribution < -0.4 is 0 Å². The van der Waals surface area contributed by atoms with Crippen molar-refractivity contribution in [2.24, 2.45) is 0 Å². The lowest BCUT2D eigenvalue weighted by Crippen LogP contribution is -2.27. The van der Waals surface area contributed by atoms with Crippen LogP contribution in [0.25, 0.3) is 0 Å². The lowest BCUT2D eigenvalue weighted by atomic mass is 10.2. The number of carbonyl (C=O) groups excluding carboxylic acids is 1. The molecule has 1 saturated carbocycles. The third-order valence-electron chi connectivity index (χ3n) is 3.47. The molecule has 0 radical (unpaired) electrons. The molecule has 20 heavy (non-hydrogen) atoms. The highest BCUT2D eigenvalue weighted by atomic mass is 32.2. The molecule has 1 aromatic rings. The Morgan fingerprint density at radius 3 is 2.30 bits per heavy atom. The van der Waals surface area contributed by atoms with E-state index in [1.165, 1.54) is 24.3 Å². The van der Waals surface area contributed by atoms with Gasteiger partial charge >= 0.3 is 5.97 Å². The standard InChI is InChI=1S/C14H18O5S/c1-18-12-4-3-5-13(12)19-14(15)10-6-8-11(9-7-10)20(2,16)17/h6-9,12-13H,3-5H2,1-2H3/t12-,13-/m0/s1. The Hall–Kier alpha value is -1.40. The summed E-state index contributed by atoms with van der Waals surface area (Å²) in [5.74, 6) is -0.445. The summed E-state index contributed by atoms with van der Waals surface area (Å²) in [7, 11) is -1.64. The molecule has 2 rings (SSSR count). The Balaban J connectivity index is 2.06. The number of ether oxygens (including phenoxy) is 2. The summed E-state index contributed by atoms with van der Waals surface area (Å²) in [6.45, 7) is 0. The molecule has 1 aromatic carbocycles. The van der Waals surface area contributed by atoms with E-state index in [1.807, 2.05) is 0 Å². The van der Waals surface area contributed by atoms with E-state index < -0.39 is 15.8 Å². The summed E-state index contributed by atoms with van der Waals surface area (Å²) in [6.07, 6.45) is 3.52. The maximum absolute atomic E-state index is 12.0. The number of methoxy groups -OCH3 is 1. The molecule has 0 N–H and O–H groups in total. The molecule has 5 nitrogen and oxygen atoms in total. The molecule has 2 atom stereocenters. The van der Waals surface area contributed by atoms with Gasteiger partial charge < -0.3 is 9.47 Å². The molecule has 1 fully saturated rings. The van der Waals surface area contributed by atoms with E-state index in [2.05, 4.69) is 0 Å². The summed E-state index contributed by atoms with van der Waals surface area (Å²) in [6, 6.07) is 5.76. The van der Waals surface area contributed by atoms with Crippen LogP contribution in [0.5, 0.6) is 0 Å². The fourth-order valence-corrected chi connectivity index (χ4v) is 2.97. The van der Waals surface area contributed by atoms with Crippen molar-refractivity contribution >= 4 is 15.8 Å². The van der Waals surface area contributed by atoms with Gasteiger partial charge in [-0.05, 0) is 43.5 Å². The number of benzene rings is 1. The molecule has 0 saturated heterocycles.